The van der Waals surface area contributed by atoms with Crippen LogP contribution in [0.4, 0.5) is 0 Å². The lowest BCUT2D eigenvalue weighted by molar-refractivity contribution is -0.625. The number of H-pyrrole nitrogens is 1. The Hall–Kier alpha value is -4.31. The topological polar surface area (TPSA) is 113 Å². The number of hydrogen-bond acceptors (Lipinski definition) is 7. The van der Waals surface area contributed by atoms with E-state index in [9.17, 15) is 9.90 Å². The number of aromatic nitrogens is 3. The van der Waals surface area contributed by atoms with E-state index in [0.717, 1.165) is 22.6 Å². The maximum Gasteiger partial charge on any atom is 0.342 e. The van der Waals surface area contributed by atoms with Crippen LogP contribution in [0.15, 0.2) is 83.1 Å². The van der Waals surface area contributed by atoms with Gasteiger partial charge in [0.05, 0.1) is 36.3 Å². The number of rotatable bonds is 10. The van der Waals surface area contributed by atoms with E-state index in [1.54, 1.807) is 38.5 Å². The Labute approximate surface area is 219 Å². The van der Waals surface area contributed by atoms with Gasteiger partial charge in [-0.25, -0.2) is 5.43 Å². The minimum absolute atomic E-state index is 0.110. The second kappa shape index (κ2) is 12.1. The third kappa shape index (κ3) is 6.10. The molecule has 190 valence electrons. The molecule has 0 spiro atoms. The molecule has 0 bridgehead atoms. The highest BCUT2D eigenvalue weighted by Gasteiger charge is 2.25. The Balaban J connectivity index is 1.56. The molecule has 0 aliphatic rings. The largest absolute Gasteiger partial charge is 0.508 e. The van der Waals surface area contributed by atoms with Crippen molar-refractivity contribution in [1.29, 1.82) is 0 Å². The van der Waals surface area contributed by atoms with Crippen LogP contribution >= 0.6 is 11.8 Å². The van der Waals surface area contributed by atoms with Gasteiger partial charge in [-0.2, -0.15) is 9.67 Å². The summed E-state index contributed by atoms with van der Waals surface area (Å²) >= 11 is 1.29. The number of phenolic OH excluding ortho intramolecular Hbond substituents is 1. The van der Waals surface area contributed by atoms with Gasteiger partial charge >= 0.3 is 5.16 Å². The molecule has 0 fully saturated rings. The molecule has 1 heterocycles. The lowest BCUT2D eigenvalue weighted by atomic mass is 10.1. The highest BCUT2D eigenvalue weighted by molar-refractivity contribution is 7.99. The number of nitrogens with one attached hydrogen (secondary N) is 2. The van der Waals surface area contributed by atoms with Gasteiger partial charge in [0, 0.05) is 0 Å². The summed E-state index contributed by atoms with van der Waals surface area (Å²) in [5, 5.41) is 22.0. The highest BCUT2D eigenvalue weighted by atomic mass is 32.2. The number of aromatic amines is 1. The molecule has 1 amide bonds. The van der Waals surface area contributed by atoms with Crippen molar-refractivity contribution in [3.63, 3.8) is 0 Å². The SMILES string of the molecule is CCC(=NNC(=O)CSc1n[nH]c(-c2ccc(OC)c(OC)c2)[n+]1-c1ccccc1)c1ccc(O)cc1. The first-order valence-electron chi connectivity index (χ1n) is 11.6. The number of thioether (sulfide) groups is 1. The molecule has 1 aromatic heterocycles. The Kier molecular flexibility index (Phi) is 8.42. The van der Waals surface area contributed by atoms with E-state index in [0.29, 0.717) is 28.8 Å². The molecule has 3 aromatic carbocycles. The van der Waals surface area contributed by atoms with Crippen LogP contribution in [0.1, 0.15) is 18.9 Å². The van der Waals surface area contributed by atoms with Crippen molar-refractivity contribution in [2.45, 2.75) is 18.5 Å². The molecule has 0 unspecified atom stereocenters. The summed E-state index contributed by atoms with van der Waals surface area (Å²) in [6.45, 7) is 1.95. The van der Waals surface area contributed by atoms with Gasteiger partial charge in [0.25, 0.3) is 11.7 Å². The lowest BCUT2D eigenvalue weighted by Gasteiger charge is -2.09. The first kappa shape index (κ1) is 25.8. The Morgan fingerprint density at radius 2 is 1.78 bits per heavy atom. The number of hydrogen-bond donors (Lipinski definition) is 3. The van der Waals surface area contributed by atoms with Gasteiger partial charge in [-0.05, 0) is 78.3 Å². The standard InChI is InChI=1S/C27H27N5O4S/c1-4-22(18-10-13-21(33)14-11-18)28-29-25(34)17-37-27-31-30-26(32(27)20-8-6-5-7-9-20)19-12-15-23(35-2)24(16-19)36-3/h5-16H,4,17H2,1-3H3,(H2,28,29,33,34)/p+1. The van der Waals surface area contributed by atoms with E-state index in [1.807, 2.05) is 60.0 Å². The maximum atomic E-state index is 12.6. The molecule has 0 aliphatic heterocycles. The smallest absolute Gasteiger partial charge is 0.342 e. The molecule has 0 saturated carbocycles. The zero-order chi connectivity index (χ0) is 26.2. The van der Waals surface area contributed by atoms with E-state index in [-0.39, 0.29) is 17.4 Å². The lowest BCUT2D eigenvalue weighted by Crippen LogP contribution is -2.34. The van der Waals surface area contributed by atoms with Crippen LogP contribution in [0.5, 0.6) is 17.2 Å². The van der Waals surface area contributed by atoms with Gasteiger partial charge in [-0.3, -0.25) is 4.79 Å². The predicted molar refractivity (Wildman–Crippen MR) is 142 cm³/mol. The van der Waals surface area contributed by atoms with Crippen LogP contribution in [0.25, 0.3) is 17.1 Å². The number of nitrogens with zero attached hydrogens (tertiary/aromatic N) is 3. The van der Waals surface area contributed by atoms with E-state index >= 15 is 0 Å². The van der Waals surface area contributed by atoms with E-state index in [4.69, 9.17) is 9.47 Å². The van der Waals surface area contributed by atoms with Gasteiger partial charge in [0.15, 0.2) is 11.5 Å². The Morgan fingerprint density at radius 3 is 2.46 bits per heavy atom. The number of hydrazone groups is 1. The summed E-state index contributed by atoms with van der Waals surface area (Å²) in [7, 11) is 3.18. The van der Waals surface area contributed by atoms with Crippen molar-refractivity contribution in [2.75, 3.05) is 20.0 Å². The van der Waals surface area contributed by atoms with Crippen LogP contribution in [0.2, 0.25) is 0 Å². The molecule has 9 nitrogen and oxygen atoms in total. The number of carbonyl (C=O) groups is 1. The molecular formula is C27H28N5O4S+. The fourth-order valence-corrected chi connectivity index (χ4v) is 4.44. The molecule has 0 radical (unpaired) electrons. The molecule has 0 saturated heterocycles. The second-order valence-electron chi connectivity index (χ2n) is 7.88. The maximum absolute atomic E-state index is 12.6. The monoisotopic (exact) mass is 518 g/mol. The molecule has 4 rings (SSSR count). The highest BCUT2D eigenvalue weighted by Crippen LogP contribution is 2.31. The van der Waals surface area contributed by atoms with Crippen molar-refractivity contribution in [3.05, 3.63) is 78.4 Å². The Bertz CT molecular complexity index is 1390. The van der Waals surface area contributed by atoms with Crippen molar-refractivity contribution >= 4 is 23.4 Å². The van der Waals surface area contributed by atoms with Crippen LogP contribution in [0.3, 0.4) is 0 Å². The van der Waals surface area contributed by atoms with Crippen LogP contribution in [-0.4, -0.2) is 46.9 Å². The van der Waals surface area contributed by atoms with Gasteiger partial charge in [-0.15, -0.1) is 5.10 Å². The number of phenols is 1. The number of methoxy groups -OCH3 is 2. The molecular weight excluding hydrogens is 490 g/mol. The first-order chi connectivity index (χ1) is 18.0. The number of carbonyl (C=O) groups excluding carboxylic acids is 1. The molecule has 10 heteroatoms. The quantitative estimate of drug-likeness (QED) is 0.126. The van der Waals surface area contributed by atoms with Crippen LogP contribution in [0, 0.1) is 0 Å². The summed E-state index contributed by atoms with van der Waals surface area (Å²) in [6, 6.07) is 22.1. The third-order valence-electron chi connectivity index (χ3n) is 5.53. The molecule has 0 aliphatic carbocycles. The van der Waals surface area contributed by atoms with E-state index < -0.39 is 0 Å². The third-order valence-corrected chi connectivity index (χ3v) is 6.47. The molecule has 3 N–H and O–H groups in total. The number of ether oxygens (including phenoxy) is 2. The zero-order valence-corrected chi connectivity index (χ0v) is 21.6. The average Bonchev–Trinajstić information content (AvgIpc) is 3.37. The van der Waals surface area contributed by atoms with Gasteiger partial charge < -0.3 is 14.6 Å². The van der Waals surface area contributed by atoms with Crippen molar-refractivity contribution in [1.82, 2.24) is 15.6 Å². The van der Waals surface area contributed by atoms with Crippen LogP contribution in [-0.2, 0) is 4.79 Å². The minimum atomic E-state index is -0.259. The number of benzene rings is 3. The summed E-state index contributed by atoms with van der Waals surface area (Å²) in [5.41, 5.74) is 5.92. The Morgan fingerprint density at radius 1 is 1.05 bits per heavy atom. The summed E-state index contributed by atoms with van der Waals surface area (Å²) in [6.07, 6.45) is 0.625. The fraction of sp³-hybridized carbons (Fsp3) is 0.185. The normalized spacial score (nSPS) is 11.3. The summed E-state index contributed by atoms with van der Waals surface area (Å²) in [5.74, 6) is 1.99. The van der Waals surface area contributed by atoms with Gasteiger partial charge in [0.2, 0.25) is 0 Å². The first-order valence-corrected chi connectivity index (χ1v) is 12.6. The number of para-hydroxylation sites is 1. The van der Waals surface area contributed by atoms with Crippen LogP contribution < -0.4 is 19.5 Å². The predicted octanol–water partition coefficient (Wildman–Crippen LogP) is 4.10. The molecule has 37 heavy (non-hydrogen) atoms. The van der Waals surface area contributed by atoms with E-state index in [2.05, 4.69) is 20.7 Å². The van der Waals surface area contributed by atoms with Crippen molar-refractivity contribution in [3.8, 4) is 34.3 Å². The number of aromatic hydroxyl groups is 1. The molecule has 0 atom stereocenters. The second-order valence-corrected chi connectivity index (χ2v) is 8.82. The van der Waals surface area contributed by atoms with Crippen molar-refractivity contribution in [2.24, 2.45) is 5.10 Å². The fourth-order valence-electron chi connectivity index (χ4n) is 3.68. The van der Waals surface area contributed by atoms with Gasteiger partial charge in [0.1, 0.15) is 11.4 Å². The minimum Gasteiger partial charge on any atom is -0.508 e. The molecule has 4 aromatic rings. The van der Waals surface area contributed by atoms with Crippen molar-refractivity contribution < 1.29 is 23.9 Å². The summed E-state index contributed by atoms with van der Waals surface area (Å²) in [4.78, 5) is 12.6. The average molecular weight is 519 g/mol. The van der Waals surface area contributed by atoms with Gasteiger partial charge in [-0.1, -0.05) is 25.1 Å². The summed E-state index contributed by atoms with van der Waals surface area (Å²) < 4.78 is 12.8. The number of amides is 1. The zero-order valence-electron chi connectivity index (χ0n) is 20.8. The van der Waals surface area contributed by atoms with E-state index in [1.165, 1.54) is 11.8 Å².